The van der Waals surface area contributed by atoms with Crippen LogP contribution in [0.15, 0.2) is 70.4 Å². The number of aromatic nitrogens is 3. The quantitative estimate of drug-likeness (QED) is 0.350. The molecule has 0 saturated carbocycles. The van der Waals surface area contributed by atoms with Crippen molar-refractivity contribution in [2.45, 2.75) is 31.3 Å². The minimum atomic E-state index is -3.92. The fraction of sp³-hybridized carbons (Fsp3) is 0.174. The Morgan fingerprint density at radius 1 is 1.09 bits per heavy atom. The Morgan fingerprint density at radius 3 is 2.57 bits per heavy atom. The van der Waals surface area contributed by atoms with Crippen LogP contribution in [0.25, 0.3) is 11.1 Å². The number of benzene rings is 2. The van der Waals surface area contributed by atoms with Crippen LogP contribution in [-0.2, 0) is 19.6 Å². The van der Waals surface area contributed by atoms with Gasteiger partial charge in [0.25, 0.3) is 15.9 Å². The number of rotatable bonds is 8. The van der Waals surface area contributed by atoms with Crippen LogP contribution in [0.5, 0.6) is 0 Å². The predicted molar refractivity (Wildman–Crippen MR) is 126 cm³/mol. The van der Waals surface area contributed by atoms with Crippen LogP contribution in [0.3, 0.4) is 0 Å². The summed E-state index contributed by atoms with van der Waals surface area (Å²) < 4.78 is 38.0. The number of sulfonamides is 1. The van der Waals surface area contributed by atoms with Crippen molar-refractivity contribution in [1.29, 1.82) is 0 Å². The Hall–Kier alpha value is -4.32. The standard InChI is InChI=1S/C23H21N5O6S/c1-3-19(34-22(30)15-4-9-20-18(12-15)25-13-33-20)21(29)27-16-5-7-17(8-6-16)35(31,32)28-23-24-11-10-14(2)26-23/h4-13,19H,3H2,1-2H3,(H,27,29)(H,24,26,28). The van der Waals surface area contributed by atoms with Crippen molar-refractivity contribution in [3.63, 3.8) is 0 Å². The molecule has 1 atom stereocenters. The van der Waals surface area contributed by atoms with E-state index in [0.717, 1.165) is 0 Å². The van der Waals surface area contributed by atoms with Gasteiger partial charge in [0.2, 0.25) is 5.95 Å². The summed E-state index contributed by atoms with van der Waals surface area (Å²) in [6.07, 6.45) is 1.89. The molecule has 1 unspecified atom stereocenters. The van der Waals surface area contributed by atoms with Crippen molar-refractivity contribution >= 4 is 44.6 Å². The minimum Gasteiger partial charge on any atom is -0.449 e. The molecule has 1 amide bonds. The number of nitrogens with zero attached hydrogens (tertiary/aromatic N) is 3. The number of anilines is 2. The normalized spacial score (nSPS) is 12.2. The molecule has 2 aromatic carbocycles. The van der Waals surface area contributed by atoms with Gasteiger partial charge in [0, 0.05) is 17.6 Å². The molecule has 35 heavy (non-hydrogen) atoms. The van der Waals surface area contributed by atoms with Gasteiger partial charge < -0.3 is 14.5 Å². The highest BCUT2D eigenvalue weighted by atomic mass is 32.2. The van der Waals surface area contributed by atoms with E-state index in [-0.39, 0.29) is 22.8 Å². The summed E-state index contributed by atoms with van der Waals surface area (Å²) in [6.45, 7) is 3.42. The SMILES string of the molecule is CCC(OC(=O)c1ccc2ocnc2c1)C(=O)Nc1ccc(S(=O)(=O)Nc2nccc(C)n2)cc1. The lowest BCUT2D eigenvalue weighted by molar-refractivity contribution is -0.124. The smallest absolute Gasteiger partial charge is 0.338 e. The summed E-state index contributed by atoms with van der Waals surface area (Å²) in [5.41, 5.74) is 2.20. The number of carbonyl (C=O) groups excluding carboxylic acids is 2. The zero-order valence-electron chi connectivity index (χ0n) is 18.8. The number of esters is 1. The molecule has 12 heteroatoms. The van der Waals surface area contributed by atoms with Crippen molar-refractivity contribution in [3.05, 3.63) is 72.4 Å². The van der Waals surface area contributed by atoms with Gasteiger partial charge in [-0.2, -0.15) is 0 Å². The number of nitrogens with one attached hydrogen (secondary N) is 2. The van der Waals surface area contributed by atoms with Crippen LogP contribution in [0, 0.1) is 6.92 Å². The van der Waals surface area contributed by atoms with E-state index in [9.17, 15) is 18.0 Å². The topological polar surface area (TPSA) is 153 Å². The zero-order chi connectivity index (χ0) is 25.0. The lowest BCUT2D eigenvalue weighted by atomic mass is 10.2. The molecule has 2 N–H and O–H groups in total. The van der Waals surface area contributed by atoms with Crippen LogP contribution in [0.4, 0.5) is 11.6 Å². The van der Waals surface area contributed by atoms with E-state index >= 15 is 0 Å². The highest BCUT2D eigenvalue weighted by Crippen LogP contribution is 2.19. The molecule has 0 radical (unpaired) electrons. The summed E-state index contributed by atoms with van der Waals surface area (Å²) >= 11 is 0. The summed E-state index contributed by atoms with van der Waals surface area (Å²) in [6, 6.07) is 11.8. The molecule has 180 valence electrons. The maximum atomic E-state index is 12.7. The number of hydrogen-bond acceptors (Lipinski definition) is 9. The molecule has 0 fully saturated rings. The summed E-state index contributed by atoms with van der Waals surface area (Å²) in [4.78, 5) is 37.1. The number of aryl methyl sites for hydroxylation is 1. The minimum absolute atomic E-state index is 0.0395. The lowest BCUT2D eigenvalue weighted by Gasteiger charge is -2.16. The van der Waals surface area contributed by atoms with Gasteiger partial charge >= 0.3 is 5.97 Å². The molecule has 2 aromatic heterocycles. The third kappa shape index (κ3) is 5.61. The van der Waals surface area contributed by atoms with Gasteiger partial charge in [-0.1, -0.05) is 6.92 Å². The molecule has 0 aliphatic heterocycles. The second-order valence-electron chi connectivity index (χ2n) is 7.48. The monoisotopic (exact) mass is 495 g/mol. The van der Waals surface area contributed by atoms with Gasteiger partial charge in [-0.25, -0.2) is 32.9 Å². The van der Waals surface area contributed by atoms with Crippen molar-refractivity contribution in [1.82, 2.24) is 15.0 Å². The Kier molecular flexibility index (Phi) is 6.73. The van der Waals surface area contributed by atoms with Gasteiger partial charge in [-0.15, -0.1) is 0 Å². The van der Waals surface area contributed by atoms with E-state index in [1.807, 2.05) is 0 Å². The van der Waals surface area contributed by atoms with Gasteiger partial charge in [0.05, 0.1) is 10.5 Å². The Labute approximate surface area is 200 Å². The van der Waals surface area contributed by atoms with Crippen molar-refractivity contribution in [2.75, 3.05) is 10.0 Å². The number of oxazole rings is 1. The summed E-state index contributed by atoms with van der Waals surface area (Å²) in [5.74, 6) is -1.27. The number of amides is 1. The maximum Gasteiger partial charge on any atom is 0.338 e. The van der Waals surface area contributed by atoms with E-state index in [1.54, 1.807) is 26.0 Å². The van der Waals surface area contributed by atoms with Gasteiger partial charge in [-0.05, 0) is 61.9 Å². The first kappa shape index (κ1) is 23.8. The number of hydrogen-bond donors (Lipinski definition) is 2. The summed E-state index contributed by atoms with van der Waals surface area (Å²) in [5, 5.41) is 2.63. The first-order chi connectivity index (χ1) is 16.7. The Balaban J connectivity index is 1.40. The molecule has 0 aliphatic carbocycles. The van der Waals surface area contributed by atoms with Crippen molar-refractivity contribution in [2.24, 2.45) is 0 Å². The Morgan fingerprint density at radius 2 is 1.86 bits per heavy atom. The highest BCUT2D eigenvalue weighted by Gasteiger charge is 2.23. The first-order valence-corrected chi connectivity index (χ1v) is 12.0. The second kappa shape index (κ2) is 9.89. The molecule has 0 spiro atoms. The number of carbonyl (C=O) groups is 2. The third-order valence-corrected chi connectivity index (χ3v) is 6.28. The molecule has 0 saturated heterocycles. The van der Waals surface area contributed by atoms with Crippen LogP contribution < -0.4 is 10.0 Å². The average Bonchev–Trinajstić information content (AvgIpc) is 3.30. The van der Waals surface area contributed by atoms with Crippen LogP contribution in [0.2, 0.25) is 0 Å². The zero-order valence-corrected chi connectivity index (χ0v) is 19.6. The molecule has 0 aliphatic rings. The van der Waals surface area contributed by atoms with E-state index in [2.05, 4.69) is 25.0 Å². The molecular formula is C23H21N5O6S. The van der Waals surface area contributed by atoms with E-state index < -0.39 is 28.0 Å². The maximum absolute atomic E-state index is 12.7. The lowest BCUT2D eigenvalue weighted by Crippen LogP contribution is -2.32. The van der Waals surface area contributed by atoms with Gasteiger partial charge in [0.1, 0.15) is 5.52 Å². The number of fused-ring (bicyclic) bond motifs is 1. The first-order valence-electron chi connectivity index (χ1n) is 10.5. The third-order valence-electron chi connectivity index (χ3n) is 4.93. The fourth-order valence-electron chi connectivity index (χ4n) is 3.12. The van der Waals surface area contributed by atoms with Gasteiger partial charge in [0.15, 0.2) is 18.1 Å². The van der Waals surface area contributed by atoms with Crippen molar-refractivity contribution in [3.8, 4) is 0 Å². The van der Waals surface area contributed by atoms with Crippen molar-refractivity contribution < 1.29 is 27.2 Å². The molecular weight excluding hydrogens is 474 g/mol. The van der Waals surface area contributed by atoms with Gasteiger partial charge in [-0.3, -0.25) is 4.79 Å². The van der Waals surface area contributed by atoms with Crippen LogP contribution >= 0.6 is 0 Å². The second-order valence-corrected chi connectivity index (χ2v) is 9.16. The van der Waals surface area contributed by atoms with E-state index in [1.165, 1.54) is 49.0 Å². The highest BCUT2D eigenvalue weighted by molar-refractivity contribution is 7.92. The summed E-state index contributed by atoms with van der Waals surface area (Å²) in [7, 11) is -3.92. The molecule has 4 aromatic rings. The average molecular weight is 496 g/mol. The van der Waals surface area contributed by atoms with E-state index in [0.29, 0.717) is 22.5 Å². The molecule has 2 heterocycles. The largest absolute Gasteiger partial charge is 0.449 e. The fourth-order valence-corrected chi connectivity index (χ4v) is 4.07. The molecule has 11 nitrogen and oxygen atoms in total. The van der Waals surface area contributed by atoms with E-state index in [4.69, 9.17) is 9.15 Å². The molecule has 0 bridgehead atoms. The van der Waals surface area contributed by atoms with Crippen LogP contribution in [-0.4, -0.2) is 41.4 Å². The molecule has 4 rings (SSSR count). The van der Waals surface area contributed by atoms with Crippen LogP contribution in [0.1, 0.15) is 29.4 Å². The number of ether oxygens (including phenoxy) is 1. The Bertz CT molecular complexity index is 1480. The predicted octanol–water partition coefficient (Wildman–Crippen LogP) is 3.30.